The molecule has 2 aromatic carbocycles. The van der Waals surface area contributed by atoms with Crippen molar-refractivity contribution in [1.82, 2.24) is 0 Å². The molecule has 0 aliphatic rings. The third kappa shape index (κ3) is 3.45. The normalized spacial score (nSPS) is 12.4. The predicted molar refractivity (Wildman–Crippen MR) is 83.1 cm³/mol. The van der Waals surface area contributed by atoms with Crippen LogP contribution in [0.2, 0.25) is 0 Å². The maximum atomic E-state index is 6.05. The highest BCUT2D eigenvalue weighted by molar-refractivity contribution is 5.64. The maximum Gasteiger partial charge on any atom is 0.0292 e. The lowest BCUT2D eigenvalue weighted by Gasteiger charge is -2.10. The van der Waals surface area contributed by atoms with Crippen molar-refractivity contribution in [3.8, 4) is 11.1 Å². The van der Waals surface area contributed by atoms with Crippen LogP contribution in [0.15, 0.2) is 48.5 Å². The van der Waals surface area contributed by atoms with Crippen molar-refractivity contribution >= 4 is 0 Å². The van der Waals surface area contributed by atoms with Crippen molar-refractivity contribution in [1.29, 1.82) is 0 Å². The van der Waals surface area contributed by atoms with Gasteiger partial charge in [0, 0.05) is 6.04 Å². The van der Waals surface area contributed by atoms with Crippen LogP contribution in [0.25, 0.3) is 11.1 Å². The molecule has 0 saturated carbocycles. The molecule has 0 aliphatic heterocycles. The van der Waals surface area contributed by atoms with Crippen LogP contribution in [0.5, 0.6) is 0 Å². The fraction of sp³-hybridized carbons (Fsp3) is 0.333. The van der Waals surface area contributed by atoms with E-state index in [1.165, 1.54) is 28.7 Å². The summed E-state index contributed by atoms with van der Waals surface area (Å²) in [6.07, 6.45) is 3.31. The first kappa shape index (κ1) is 13.8. The zero-order chi connectivity index (χ0) is 13.7. The number of rotatable bonds is 5. The Hall–Kier alpha value is -1.60. The first-order chi connectivity index (χ1) is 9.24. The summed E-state index contributed by atoms with van der Waals surface area (Å²) >= 11 is 0. The molecule has 19 heavy (non-hydrogen) atoms. The molecule has 2 rings (SSSR count). The molecule has 1 nitrogen and oxygen atoms in total. The van der Waals surface area contributed by atoms with E-state index in [-0.39, 0.29) is 6.04 Å². The molecular formula is C18H23N. The first-order valence-electron chi connectivity index (χ1n) is 7.19. The monoisotopic (exact) mass is 253 g/mol. The third-order valence-electron chi connectivity index (χ3n) is 3.58. The largest absolute Gasteiger partial charge is 0.324 e. The zero-order valence-corrected chi connectivity index (χ0v) is 11.9. The molecule has 0 aliphatic carbocycles. The van der Waals surface area contributed by atoms with Crippen molar-refractivity contribution in [2.24, 2.45) is 5.73 Å². The average molecular weight is 253 g/mol. The van der Waals surface area contributed by atoms with E-state index in [9.17, 15) is 0 Å². The molecule has 0 amide bonds. The van der Waals surface area contributed by atoms with Gasteiger partial charge >= 0.3 is 0 Å². The van der Waals surface area contributed by atoms with Gasteiger partial charge in [0.05, 0.1) is 0 Å². The van der Waals surface area contributed by atoms with E-state index in [1.54, 1.807) is 0 Å². The highest BCUT2D eigenvalue weighted by Crippen LogP contribution is 2.23. The van der Waals surface area contributed by atoms with E-state index >= 15 is 0 Å². The van der Waals surface area contributed by atoms with Gasteiger partial charge < -0.3 is 5.73 Å². The van der Waals surface area contributed by atoms with E-state index in [1.807, 2.05) is 0 Å². The number of hydrogen-bond donors (Lipinski definition) is 1. The van der Waals surface area contributed by atoms with Gasteiger partial charge in [-0.05, 0) is 35.1 Å². The Bertz CT molecular complexity index is 513. The number of hydrogen-bond acceptors (Lipinski definition) is 1. The summed E-state index contributed by atoms with van der Waals surface area (Å²) in [5.41, 5.74) is 11.2. The van der Waals surface area contributed by atoms with Crippen molar-refractivity contribution in [2.75, 3.05) is 0 Å². The molecule has 1 unspecified atom stereocenters. The van der Waals surface area contributed by atoms with Crippen molar-refractivity contribution in [3.05, 3.63) is 59.7 Å². The van der Waals surface area contributed by atoms with Crippen LogP contribution in [0.3, 0.4) is 0 Å². The second kappa shape index (κ2) is 6.53. The highest BCUT2D eigenvalue weighted by atomic mass is 14.6. The molecule has 2 aromatic rings. The van der Waals surface area contributed by atoms with E-state index in [0.29, 0.717) is 0 Å². The Labute approximate surface area is 116 Å². The van der Waals surface area contributed by atoms with Crippen LogP contribution in [-0.2, 0) is 6.42 Å². The minimum Gasteiger partial charge on any atom is -0.324 e. The van der Waals surface area contributed by atoms with Crippen LogP contribution in [0, 0.1) is 0 Å². The van der Waals surface area contributed by atoms with Gasteiger partial charge in [-0.25, -0.2) is 0 Å². The van der Waals surface area contributed by atoms with Gasteiger partial charge in [-0.2, -0.15) is 0 Å². The van der Waals surface area contributed by atoms with Crippen LogP contribution in [0.4, 0.5) is 0 Å². The van der Waals surface area contributed by atoms with Crippen molar-refractivity contribution < 1.29 is 0 Å². The van der Waals surface area contributed by atoms with Gasteiger partial charge in [0.15, 0.2) is 0 Å². The number of aryl methyl sites for hydroxylation is 1. The van der Waals surface area contributed by atoms with Crippen LogP contribution >= 0.6 is 0 Å². The quantitative estimate of drug-likeness (QED) is 0.820. The van der Waals surface area contributed by atoms with Crippen LogP contribution < -0.4 is 5.73 Å². The molecule has 100 valence electrons. The van der Waals surface area contributed by atoms with Gasteiger partial charge in [-0.1, -0.05) is 68.8 Å². The smallest absolute Gasteiger partial charge is 0.0292 e. The number of benzene rings is 2. The second-order valence-electron chi connectivity index (χ2n) is 5.09. The van der Waals surface area contributed by atoms with E-state index in [4.69, 9.17) is 5.73 Å². The fourth-order valence-corrected chi connectivity index (χ4v) is 2.35. The van der Waals surface area contributed by atoms with E-state index in [0.717, 1.165) is 12.8 Å². The molecule has 2 N–H and O–H groups in total. The summed E-state index contributed by atoms with van der Waals surface area (Å²) in [4.78, 5) is 0. The molecule has 0 heterocycles. The molecule has 1 atom stereocenters. The zero-order valence-electron chi connectivity index (χ0n) is 11.9. The third-order valence-corrected chi connectivity index (χ3v) is 3.58. The summed E-state index contributed by atoms with van der Waals surface area (Å²) in [5.74, 6) is 0. The molecular weight excluding hydrogens is 230 g/mol. The van der Waals surface area contributed by atoms with Gasteiger partial charge in [-0.15, -0.1) is 0 Å². The van der Waals surface area contributed by atoms with E-state index < -0.39 is 0 Å². The van der Waals surface area contributed by atoms with Crippen molar-refractivity contribution in [3.63, 3.8) is 0 Å². The standard InChI is InChI=1S/C18H23N/c1-3-6-14-7-5-8-17(13-14)15-9-11-16(12-10-15)18(19)4-2/h5,7-13,18H,3-4,6,19H2,1-2H3. The van der Waals surface area contributed by atoms with Crippen LogP contribution in [-0.4, -0.2) is 0 Å². The molecule has 0 saturated heterocycles. The minimum absolute atomic E-state index is 0.153. The maximum absolute atomic E-state index is 6.05. The molecule has 1 heteroatoms. The lowest BCUT2D eigenvalue weighted by Crippen LogP contribution is -2.08. The average Bonchev–Trinajstić information content (AvgIpc) is 2.47. The highest BCUT2D eigenvalue weighted by Gasteiger charge is 2.04. The SMILES string of the molecule is CCCc1cccc(-c2ccc(C(N)CC)cc2)c1. The molecule has 0 radical (unpaired) electrons. The fourth-order valence-electron chi connectivity index (χ4n) is 2.35. The molecule has 0 aromatic heterocycles. The predicted octanol–water partition coefficient (Wildman–Crippen LogP) is 4.72. The summed E-state index contributed by atoms with van der Waals surface area (Å²) < 4.78 is 0. The summed E-state index contributed by atoms with van der Waals surface area (Å²) in [7, 11) is 0. The van der Waals surface area contributed by atoms with Gasteiger partial charge in [0.1, 0.15) is 0 Å². The lowest BCUT2D eigenvalue weighted by molar-refractivity contribution is 0.699. The second-order valence-corrected chi connectivity index (χ2v) is 5.09. The Balaban J connectivity index is 2.24. The molecule has 0 bridgehead atoms. The van der Waals surface area contributed by atoms with Crippen LogP contribution in [0.1, 0.15) is 43.9 Å². The topological polar surface area (TPSA) is 26.0 Å². The first-order valence-corrected chi connectivity index (χ1v) is 7.19. The van der Waals surface area contributed by atoms with E-state index in [2.05, 4.69) is 62.4 Å². The molecule has 0 spiro atoms. The Morgan fingerprint density at radius 3 is 2.32 bits per heavy atom. The lowest BCUT2D eigenvalue weighted by atomic mass is 9.98. The van der Waals surface area contributed by atoms with Gasteiger partial charge in [-0.3, -0.25) is 0 Å². The summed E-state index contributed by atoms with van der Waals surface area (Å²) in [5, 5.41) is 0. The van der Waals surface area contributed by atoms with Crippen molar-refractivity contribution in [2.45, 2.75) is 39.2 Å². The van der Waals surface area contributed by atoms with Gasteiger partial charge in [0.25, 0.3) is 0 Å². The Morgan fingerprint density at radius 1 is 0.947 bits per heavy atom. The Kier molecular flexibility index (Phi) is 4.75. The summed E-state index contributed by atoms with van der Waals surface area (Å²) in [6, 6.07) is 17.6. The van der Waals surface area contributed by atoms with Gasteiger partial charge in [0.2, 0.25) is 0 Å². The summed E-state index contributed by atoms with van der Waals surface area (Å²) in [6.45, 7) is 4.33. The molecule has 0 fully saturated rings. The Morgan fingerprint density at radius 2 is 1.68 bits per heavy atom. The number of nitrogens with two attached hydrogens (primary N) is 1. The minimum atomic E-state index is 0.153.